The van der Waals surface area contributed by atoms with Crippen molar-refractivity contribution in [2.75, 3.05) is 0 Å². The van der Waals surface area contributed by atoms with E-state index in [9.17, 15) is 4.79 Å². The molecule has 0 aliphatic rings. The molecule has 3 heteroatoms. The molecule has 9 heavy (non-hydrogen) atoms. The SMILES string of the molecule is Cc1ccc(N=C=O)s1. The molecule has 0 bridgehead atoms. The van der Waals surface area contributed by atoms with Crippen molar-refractivity contribution in [3.63, 3.8) is 0 Å². The van der Waals surface area contributed by atoms with Gasteiger partial charge in [-0.15, -0.1) is 11.3 Å². The van der Waals surface area contributed by atoms with Gasteiger partial charge in [-0.05, 0) is 19.1 Å². The summed E-state index contributed by atoms with van der Waals surface area (Å²) in [6.45, 7) is 1.97. The number of rotatable bonds is 1. The van der Waals surface area contributed by atoms with Crippen LogP contribution in [0.3, 0.4) is 0 Å². The summed E-state index contributed by atoms with van der Waals surface area (Å²) in [7, 11) is 0. The highest BCUT2D eigenvalue weighted by molar-refractivity contribution is 7.15. The van der Waals surface area contributed by atoms with Crippen molar-refractivity contribution >= 4 is 22.4 Å². The van der Waals surface area contributed by atoms with Gasteiger partial charge in [-0.25, -0.2) is 4.79 Å². The molecule has 1 aromatic rings. The smallest absolute Gasteiger partial charge is 0.211 e. The van der Waals surface area contributed by atoms with Crippen LogP contribution in [-0.4, -0.2) is 6.08 Å². The monoisotopic (exact) mass is 139 g/mol. The number of aryl methyl sites for hydroxylation is 1. The summed E-state index contributed by atoms with van der Waals surface area (Å²) in [6, 6.07) is 3.71. The van der Waals surface area contributed by atoms with Gasteiger partial charge in [-0.2, -0.15) is 4.99 Å². The molecule has 46 valence electrons. The summed E-state index contributed by atoms with van der Waals surface area (Å²) in [5, 5.41) is 0.725. The van der Waals surface area contributed by atoms with Gasteiger partial charge in [0.2, 0.25) is 6.08 Å². The van der Waals surface area contributed by atoms with Crippen molar-refractivity contribution in [3.05, 3.63) is 17.0 Å². The topological polar surface area (TPSA) is 29.4 Å². The Kier molecular flexibility index (Phi) is 1.78. The van der Waals surface area contributed by atoms with Crippen molar-refractivity contribution in [3.8, 4) is 0 Å². The minimum absolute atomic E-state index is 0.725. The first-order valence-electron chi connectivity index (χ1n) is 2.47. The molecule has 0 aliphatic heterocycles. The lowest BCUT2D eigenvalue weighted by atomic mass is 10.5. The molecule has 0 saturated carbocycles. The van der Waals surface area contributed by atoms with E-state index in [-0.39, 0.29) is 0 Å². The van der Waals surface area contributed by atoms with E-state index in [0.29, 0.717) is 0 Å². The van der Waals surface area contributed by atoms with Crippen LogP contribution in [0.2, 0.25) is 0 Å². The van der Waals surface area contributed by atoms with E-state index in [0.717, 1.165) is 9.88 Å². The first-order chi connectivity index (χ1) is 4.33. The van der Waals surface area contributed by atoms with E-state index in [2.05, 4.69) is 4.99 Å². The van der Waals surface area contributed by atoms with E-state index in [1.165, 1.54) is 17.4 Å². The summed E-state index contributed by atoms with van der Waals surface area (Å²) >= 11 is 1.48. The van der Waals surface area contributed by atoms with Crippen molar-refractivity contribution in [2.24, 2.45) is 4.99 Å². The summed E-state index contributed by atoms with van der Waals surface area (Å²) in [6.07, 6.45) is 1.48. The van der Waals surface area contributed by atoms with Crippen LogP contribution in [0.5, 0.6) is 0 Å². The molecule has 0 unspecified atom stereocenters. The number of carbonyl (C=O) groups excluding carboxylic acids is 1. The number of nitrogens with zero attached hydrogens (tertiary/aromatic N) is 1. The molecule has 0 radical (unpaired) electrons. The van der Waals surface area contributed by atoms with E-state index in [4.69, 9.17) is 0 Å². The van der Waals surface area contributed by atoms with Crippen LogP contribution in [-0.2, 0) is 4.79 Å². The minimum atomic E-state index is 0.725. The van der Waals surface area contributed by atoms with Gasteiger partial charge in [0.05, 0.1) is 0 Å². The fourth-order valence-electron chi connectivity index (χ4n) is 0.527. The predicted octanol–water partition coefficient (Wildman–Crippen LogP) is 2.02. The fourth-order valence-corrected chi connectivity index (χ4v) is 1.21. The minimum Gasteiger partial charge on any atom is -0.211 e. The van der Waals surface area contributed by atoms with Gasteiger partial charge in [0.15, 0.2) is 0 Å². The van der Waals surface area contributed by atoms with Crippen LogP contribution in [0.1, 0.15) is 4.88 Å². The van der Waals surface area contributed by atoms with Gasteiger partial charge in [0, 0.05) is 4.88 Å². The third-order valence-corrected chi connectivity index (χ3v) is 1.78. The van der Waals surface area contributed by atoms with Crippen LogP contribution < -0.4 is 0 Å². The third kappa shape index (κ3) is 1.49. The third-order valence-electron chi connectivity index (χ3n) is 0.882. The molecule has 0 amide bonds. The number of thiophene rings is 1. The van der Waals surface area contributed by atoms with Crippen LogP contribution in [0, 0.1) is 6.92 Å². The molecular weight excluding hydrogens is 134 g/mol. The first kappa shape index (κ1) is 6.20. The largest absolute Gasteiger partial charge is 0.241 e. The zero-order chi connectivity index (χ0) is 6.69. The second-order valence-corrected chi connectivity index (χ2v) is 2.85. The highest BCUT2D eigenvalue weighted by Crippen LogP contribution is 2.22. The van der Waals surface area contributed by atoms with Gasteiger partial charge in [0.1, 0.15) is 5.00 Å². The zero-order valence-electron chi connectivity index (χ0n) is 4.92. The lowest BCUT2D eigenvalue weighted by molar-refractivity contribution is 0.565. The highest BCUT2D eigenvalue weighted by atomic mass is 32.1. The molecule has 0 N–H and O–H groups in total. The second-order valence-electron chi connectivity index (χ2n) is 1.59. The van der Waals surface area contributed by atoms with Crippen LogP contribution >= 0.6 is 11.3 Å². The maximum atomic E-state index is 9.70. The maximum absolute atomic E-state index is 9.70. The molecule has 0 atom stereocenters. The lowest BCUT2D eigenvalue weighted by Gasteiger charge is -1.72. The summed E-state index contributed by atoms with van der Waals surface area (Å²) in [4.78, 5) is 14.3. The number of isocyanates is 1. The number of aliphatic imine (C=N–C) groups is 1. The van der Waals surface area contributed by atoms with Crippen LogP contribution in [0.15, 0.2) is 17.1 Å². The van der Waals surface area contributed by atoms with Crippen LogP contribution in [0.4, 0.5) is 5.00 Å². The summed E-state index contributed by atoms with van der Waals surface area (Å²) in [5.74, 6) is 0. The maximum Gasteiger partial charge on any atom is 0.241 e. The van der Waals surface area contributed by atoms with Crippen LogP contribution in [0.25, 0.3) is 0 Å². The summed E-state index contributed by atoms with van der Waals surface area (Å²) in [5.41, 5.74) is 0. The van der Waals surface area contributed by atoms with E-state index < -0.39 is 0 Å². The molecule has 0 spiro atoms. The van der Waals surface area contributed by atoms with E-state index >= 15 is 0 Å². The molecule has 0 aromatic carbocycles. The van der Waals surface area contributed by atoms with Gasteiger partial charge in [-0.1, -0.05) is 0 Å². The van der Waals surface area contributed by atoms with Crippen molar-refractivity contribution in [2.45, 2.75) is 6.92 Å². The Labute approximate surface area is 56.9 Å². The Hall–Kier alpha value is -0.920. The molecule has 1 aromatic heterocycles. The van der Waals surface area contributed by atoms with Crippen molar-refractivity contribution in [1.82, 2.24) is 0 Å². The second kappa shape index (κ2) is 2.58. The number of hydrogen-bond acceptors (Lipinski definition) is 3. The Morgan fingerprint density at radius 3 is 2.89 bits per heavy atom. The molecule has 1 rings (SSSR count). The lowest BCUT2D eigenvalue weighted by Crippen LogP contribution is -1.45. The Bertz CT molecular complexity index is 247. The average molecular weight is 139 g/mol. The zero-order valence-corrected chi connectivity index (χ0v) is 5.73. The average Bonchev–Trinajstić information content (AvgIpc) is 2.17. The van der Waals surface area contributed by atoms with Gasteiger partial charge >= 0.3 is 0 Å². The quantitative estimate of drug-likeness (QED) is 0.432. The molecule has 1 heterocycles. The standard InChI is InChI=1S/C6H5NOS/c1-5-2-3-6(9-5)7-4-8/h2-3H,1H3. The normalized spacial score (nSPS) is 8.56. The van der Waals surface area contributed by atoms with Crippen molar-refractivity contribution < 1.29 is 4.79 Å². The van der Waals surface area contributed by atoms with E-state index in [1.807, 2.05) is 13.0 Å². The Morgan fingerprint density at radius 2 is 2.44 bits per heavy atom. The van der Waals surface area contributed by atoms with Gasteiger partial charge in [0.25, 0.3) is 0 Å². The Morgan fingerprint density at radius 1 is 1.67 bits per heavy atom. The highest BCUT2D eigenvalue weighted by Gasteiger charge is 1.90. The first-order valence-corrected chi connectivity index (χ1v) is 3.29. The fraction of sp³-hybridized carbons (Fsp3) is 0.167. The van der Waals surface area contributed by atoms with Crippen molar-refractivity contribution in [1.29, 1.82) is 0 Å². The Balaban J connectivity index is 2.97. The molecule has 0 aliphatic carbocycles. The summed E-state index contributed by atoms with van der Waals surface area (Å²) < 4.78 is 0. The van der Waals surface area contributed by atoms with Gasteiger partial charge in [-0.3, -0.25) is 0 Å². The predicted molar refractivity (Wildman–Crippen MR) is 36.8 cm³/mol. The van der Waals surface area contributed by atoms with Gasteiger partial charge < -0.3 is 0 Å². The van der Waals surface area contributed by atoms with E-state index in [1.54, 1.807) is 6.07 Å². The number of hydrogen-bond donors (Lipinski definition) is 0. The molecule has 0 saturated heterocycles. The molecule has 2 nitrogen and oxygen atoms in total. The molecule has 0 fully saturated rings. The molecular formula is C6H5NOS.